The number of nitriles is 1. The predicted molar refractivity (Wildman–Crippen MR) is 152 cm³/mol. The zero-order chi connectivity index (χ0) is 29.2. The normalized spacial score (nSPS) is 16.7. The van der Waals surface area contributed by atoms with Gasteiger partial charge in [-0.15, -0.1) is 0 Å². The van der Waals surface area contributed by atoms with Gasteiger partial charge in [0.25, 0.3) is 5.91 Å². The van der Waals surface area contributed by atoms with Crippen molar-refractivity contribution >= 4 is 46.6 Å². The lowest BCUT2D eigenvalue weighted by Gasteiger charge is -2.20. The first-order valence-electron chi connectivity index (χ1n) is 12.4. The third-order valence-corrected chi connectivity index (χ3v) is 8.13. The van der Waals surface area contributed by atoms with Gasteiger partial charge in [-0.2, -0.15) is 18.4 Å². The van der Waals surface area contributed by atoms with Crippen LogP contribution in [-0.4, -0.2) is 17.1 Å². The minimum absolute atomic E-state index is 0.0875. The van der Waals surface area contributed by atoms with Crippen molar-refractivity contribution in [3.05, 3.63) is 105 Å². The van der Waals surface area contributed by atoms with Crippen LogP contribution < -0.4 is 10.2 Å². The fraction of sp³-hybridized carbons (Fsp3) is 0.233. The molecule has 0 radical (unpaired) electrons. The van der Waals surface area contributed by atoms with Gasteiger partial charge in [0, 0.05) is 16.4 Å². The average Bonchev–Trinajstić information content (AvgIpc) is 3.21. The smallest absolute Gasteiger partial charge is 0.321 e. The van der Waals surface area contributed by atoms with E-state index in [9.17, 15) is 28.0 Å². The molecule has 1 N–H and O–H groups in total. The fourth-order valence-electron chi connectivity index (χ4n) is 4.24. The summed E-state index contributed by atoms with van der Waals surface area (Å²) in [5.41, 5.74) is 1.73. The summed E-state index contributed by atoms with van der Waals surface area (Å²) >= 11 is 7.18. The summed E-state index contributed by atoms with van der Waals surface area (Å²) in [6.45, 7) is 5.85. The summed E-state index contributed by atoms with van der Waals surface area (Å²) in [5, 5.41) is 12.0. The van der Waals surface area contributed by atoms with E-state index in [1.807, 2.05) is 38.1 Å². The van der Waals surface area contributed by atoms with E-state index in [0.29, 0.717) is 11.4 Å². The van der Waals surface area contributed by atoms with Crippen molar-refractivity contribution in [1.82, 2.24) is 0 Å². The van der Waals surface area contributed by atoms with Crippen LogP contribution in [0.2, 0.25) is 5.02 Å². The molecule has 1 saturated heterocycles. The molecule has 40 heavy (non-hydrogen) atoms. The molecule has 3 aromatic carbocycles. The Kier molecular flexibility index (Phi) is 8.62. The maximum atomic E-state index is 13.8. The molecule has 0 saturated carbocycles. The Bertz CT molecular complexity index is 1530. The highest BCUT2D eigenvalue weighted by Crippen LogP contribution is 2.43. The number of benzene rings is 3. The van der Waals surface area contributed by atoms with E-state index in [1.165, 1.54) is 4.90 Å². The number of amides is 2. The molecule has 1 aliphatic rings. The van der Waals surface area contributed by atoms with Gasteiger partial charge in [-0.1, -0.05) is 67.5 Å². The highest BCUT2D eigenvalue weighted by molar-refractivity contribution is 8.05. The Hall–Kier alpha value is -3.74. The quantitative estimate of drug-likeness (QED) is 0.237. The summed E-state index contributed by atoms with van der Waals surface area (Å²) in [5.74, 6) is -0.936. The van der Waals surface area contributed by atoms with Crippen LogP contribution in [0.3, 0.4) is 0 Å². The molecule has 1 fully saturated rings. The molecule has 0 aromatic heterocycles. The lowest BCUT2D eigenvalue weighted by molar-refractivity contribution is -0.137. The van der Waals surface area contributed by atoms with Gasteiger partial charge in [-0.05, 0) is 72.4 Å². The van der Waals surface area contributed by atoms with E-state index in [0.717, 1.165) is 41.1 Å². The minimum atomic E-state index is -4.58. The first-order chi connectivity index (χ1) is 18.9. The van der Waals surface area contributed by atoms with Crippen LogP contribution in [0.4, 0.5) is 24.5 Å². The number of thioether (sulfide) groups is 1. The monoisotopic (exact) mass is 583 g/mol. The Labute approximate surface area is 239 Å². The number of aryl methyl sites for hydroxylation is 1. The Morgan fingerprint density at radius 1 is 1.12 bits per heavy atom. The Morgan fingerprint density at radius 2 is 1.80 bits per heavy atom. The number of carbonyl (C=O) groups excluding carboxylic acids is 2. The van der Waals surface area contributed by atoms with Gasteiger partial charge in [0.05, 0.1) is 10.8 Å². The third-order valence-electron chi connectivity index (χ3n) is 6.50. The SMILES string of the molecule is Cc1ccccc1NC(=O)/C(C#N)=C1\SC(Cc2cc(C(F)(F)F)ccc2Cl)C(=O)N1c1ccc(C(C)C)cc1. The molecule has 0 aliphatic carbocycles. The molecule has 206 valence electrons. The first-order valence-corrected chi connectivity index (χ1v) is 13.6. The van der Waals surface area contributed by atoms with Crippen LogP contribution in [0.1, 0.15) is 42.0 Å². The molecular formula is C30H25ClF3N3O2S. The number of nitrogens with one attached hydrogen (secondary N) is 1. The van der Waals surface area contributed by atoms with E-state index in [4.69, 9.17) is 11.6 Å². The standard InChI is InChI=1S/C30H25ClF3N3O2S/c1-17(2)19-8-11-22(12-9-19)37-28(39)26(15-20-14-21(30(32,33)34)10-13-24(20)31)40-29(37)23(16-35)27(38)36-25-7-5-4-6-18(25)3/h4-14,17,26H,15H2,1-3H3,(H,36,38)/b29-23-. The molecule has 10 heteroatoms. The van der Waals surface area contributed by atoms with Crippen molar-refractivity contribution in [3.8, 4) is 6.07 Å². The first kappa shape index (κ1) is 29.2. The van der Waals surface area contributed by atoms with Crippen molar-refractivity contribution in [3.63, 3.8) is 0 Å². The van der Waals surface area contributed by atoms with Crippen LogP contribution in [0.25, 0.3) is 0 Å². The third kappa shape index (κ3) is 6.19. The van der Waals surface area contributed by atoms with Gasteiger partial charge in [0.2, 0.25) is 5.91 Å². The second-order valence-corrected chi connectivity index (χ2v) is 11.2. The number of anilines is 2. The number of rotatable bonds is 6. The number of nitrogens with zero attached hydrogens (tertiary/aromatic N) is 2. The van der Waals surface area contributed by atoms with Crippen LogP contribution in [0.5, 0.6) is 0 Å². The van der Waals surface area contributed by atoms with Gasteiger partial charge in [-0.3, -0.25) is 14.5 Å². The maximum absolute atomic E-state index is 13.8. The Morgan fingerprint density at radius 3 is 2.40 bits per heavy atom. The van der Waals surface area contributed by atoms with E-state index >= 15 is 0 Å². The van der Waals surface area contributed by atoms with Crippen molar-refractivity contribution in [2.24, 2.45) is 0 Å². The molecule has 1 aliphatic heterocycles. The summed E-state index contributed by atoms with van der Waals surface area (Å²) < 4.78 is 40.1. The summed E-state index contributed by atoms with van der Waals surface area (Å²) in [4.78, 5) is 28.3. The molecule has 0 bridgehead atoms. The van der Waals surface area contributed by atoms with Gasteiger partial charge in [0.1, 0.15) is 16.7 Å². The number of carbonyl (C=O) groups is 2. The van der Waals surface area contributed by atoms with E-state index in [2.05, 4.69) is 5.32 Å². The summed E-state index contributed by atoms with van der Waals surface area (Å²) in [7, 11) is 0. The number of para-hydroxylation sites is 1. The van der Waals surface area contributed by atoms with E-state index in [1.54, 1.807) is 37.3 Å². The van der Waals surface area contributed by atoms with Crippen LogP contribution in [0, 0.1) is 18.3 Å². The molecule has 5 nitrogen and oxygen atoms in total. The number of hydrogen-bond donors (Lipinski definition) is 1. The van der Waals surface area contributed by atoms with Gasteiger partial charge in [0.15, 0.2) is 0 Å². The average molecular weight is 584 g/mol. The molecular weight excluding hydrogens is 559 g/mol. The van der Waals surface area contributed by atoms with E-state index < -0.39 is 28.8 Å². The number of halogens is 4. The van der Waals surface area contributed by atoms with Crippen molar-refractivity contribution in [2.45, 2.75) is 44.5 Å². The zero-order valence-electron chi connectivity index (χ0n) is 21.8. The topological polar surface area (TPSA) is 73.2 Å². The van der Waals surface area contributed by atoms with Crippen molar-refractivity contribution < 1.29 is 22.8 Å². The van der Waals surface area contributed by atoms with Gasteiger partial charge >= 0.3 is 6.18 Å². The molecule has 2 amide bonds. The van der Waals surface area contributed by atoms with Crippen molar-refractivity contribution in [1.29, 1.82) is 5.26 Å². The number of alkyl halides is 3. The molecule has 3 aromatic rings. The lowest BCUT2D eigenvalue weighted by Crippen LogP contribution is -2.31. The summed E-state index contributed by atoms with van der Waals surface area (Å²) in [6.07, 6.45) is -4.71. The summed E-state index contributed by atoms with van der Waals surface area (Å²) in [6, 6.07) is 19.1. The van der Waals surface area contributed by atoms with Crippen molar-refractivity contribution in [2.75, 3.05) is 10.2 Å². The second kappa shape index (κ2) is 11.8. The van der Waals surface area contributed by atoms with Crippen LogP contribution in [0.15, 0.2) is 77.3 Å². The molecule has 1 unspecified atom stereocenters. The highest BCUT2D eigenvalue weighted by atomic mass is 35.5. The fourth-order valence-corrected chi connectivity index (χ4v) is 5.73. The van der Waals surface area contributed by atoms with Gasteiger partial charge in [-0.25, -0.2) is 0 Å². The van der Waals surface area contributed by atoms with E-state index in [-0.39, 0.29) is 33.5 Å². The molecule has 1 atom stereocenters. The predicted octanol–water partition coefficient (Wildman–Crippen LogP) is 7.86. The largest absolute Gasteiger partial charge is 0.416 e. The van der Waals surface area contributed by atoms with Crippen LogP contribution in [-0.2, 0) is 22.2 Å². The van der Waals surface area contributed by atoms with Gasteiger partial charge < -0.3 is 5.32 Å². The maximum Gasteiger partial charge on any atom is 0.416 e. The number of hydrogen-bond acceptors (Lipinski definition) is 4. The zero-order valence-corrected chi connectivity index (χ0v) is 23.4. The Balaban J connectivity index is 1.77. The minimum Gasteiger partial charge on any atom is -0.321 e. The second-order valence-electron chi connectivity index (χ2n) is 9.60. The molecule has 4 rings (SSSR count). The highest BCUT2D eigenvalue weighted by Gasteiger charge is 2.41. The molecule has 1 heterocycles. The molecule has 0 spiro atoms. The van der Waals surface area contributed by atoms with Crippen LogP contribution >= 0.6 is 23.4 Å². The lowest BCUT2D eigenvalue weighted by atomic mass is 10.0.